The van der Waals surface area contributed by atoms with Gasteiger partial charge in [0.15, 0.2) is 0 Å². The lowest BCUT2D eigenvalue weighted by atomic mass is 10.1. The van der Waals surface area contributed by atoms with E-state index in [4.69, 9.17) is 0 Å². The molecule has 3 heteroatoms. The third kappa shape index (κ3) is 4.30. The van der Waals surface area contributed by atoms with E-state index in [0.29, 0.717) is 12.1 Å². The first-order valence-corrected chi connectivity index (χ1v) is 7.83. The lowest BCUT2D eigenvalue weighted by molar-refractivity contribution is 0.119. The molecule has 1 aliphatic rings. The van der Waals surface area contributed by atoms with Crippen molar-refractivity contribution in [1.29, 1.82) is 0 Å². The van der Waals surface area contributed by atoms with Gasteiger partial charge >= 0.3 is 0 Å². The second-order valence-electron chi connectivity index (χ2n) is 6.06. The highest BCUT2D eigenvalue weighted by atomic mass is 16.3. The van der Waals surface area contributed by atoms with Gasteiger partial charge < -0.3 is 5.11 Å². The monoisotopic (exact) mass is 276 g/mol. The summed E-state index contributed by atoms with van der Waals surface area (Å²) in [6.07, 6.45) is 2.57. The maximum Gasteiger partial charge on any atom is 0.0558 e. The second kappa shape index (κ2) is 7.77. The van der Waals surface area contributed by atoms with Gasteiger partial charge in [-0.3, -0.25) is 9.80 Å². The molecule has 112 valence electrons. The van der Waals surface area contributed by atoms with Crippen LogP contribution in [0.4, 0.5) is 0 Å². The average molecular weight is 276 g/mol. The molecule has 0 unspecified atom stereocenters. The SMILES string of the molecule is CC(C)N(CCO)C[C@@H]1CCCN1Cc1ccccc1. The predicted octanol–water partition coefficient (Wildman–Crippen LogP) is 2.35. The molecule has 0 aliphatic carbocycles. The van der Waals surface area contributed by atoms with Crippen LogP contribution in [0.5, 0.6) is 0 Å². The fourth-order valence-electron chi connectivity index (χ4n) is 3.09. The van der Waals surface area contributed by atoms with Crippen molar-refractivity contribution in [1.82, 2.24) is 9.80 Å². The van der Waals surface area contributed by atoms with Crippen LogP contribution in [0.1, 0.15) is 32.3 Å². The minimum Gasteiger partial charge on any atom is -0.395 e. The predicted molar refractivity (Wildman–Crippen MR) is 83.7 cm³/mol. The van der Waals surface area contributed by atoms with E-state index in [9.17, 15) is 5.11 Å². The van der Waals surface area contributed by atoms with Crippen LogP contribution in [0.25, 0.3) is 0 Å². The zero-order valence-electron chi connectivity index (χ0n) is 12.8. The van der Waals surface area contributed by atoms with E-state index in [-0.39, 0.29) is 6.61 Å². The molecule has 0 spiro atoms. The van der Waals surface area contributed by atoms with Gasteiger partial charge in [-0.15, -0.1) is 0 Å². The van der Waals surface area contributed by atoms with Crippen molar-refractivity contribution in [2.75, 3.05) is 26.2 Å². The molecule has 1 atom stereocenters. The Morgan fingerprint density at radius 1 is 1.30 bits per heavy atom. The van der Waals surface area contributed by atoms with Crippen molar-refractivity contribution in [2.24, 2.45) is 0 Å². The van der Waals surface area contributed by atoms with Gasteiger partial charge in [0, 0.05) is 31.7 Å². The molecule has 0 amide bonds. The van der Waals surface area contributed by atoms with Crippen LogP contribution in [-0.4, -0.2) is 53.2 Å². The molecule has 1 N–H and O–H groups in total. The molecule has 3 nitrogen and oxygen atoms in total. The molecule has 20 heavy (non-hydrogen) atoms. The van der Waals surface area contributed by atoms with Gasteiger partial charge in [-0.25, -0.2) is 0 Å². The lowest BCUT2D eigenvalue weighted by Crippen LogP contribution is -2.44. The molecule has 1 aromatic rings. The Labute approximate surface area is 123 Å². The number of hydrogen-bond acceptors (Lipinski definition) is 3. The molecule has 1 aromatic carbocycles. The number of benzene rings is 1. The summed E-state index contributed by atoms with van der Waals surface area (Å²) in [5, 5.41) is 9.21. The fourth-order valence-corrected chi connectivity index (χ4v) is 3.09. The maximum absolute atomic E-state index is 9.21. The van der Waals surface area contributed by atoms with Gasteiger partial charge in [0.25, 0.3) is 0 Å². The Balaban J connectivity index is 1.93. The van der Waals surface area contributed by atoms with Crippen molar-refractivity contribution >= 4 is 0 Å². The molecular formula is C17H28N2O. The summed E-state index contributed by atoms with van der Waals surface area (Å²) in [6, 6.07) is 11.9. The second-order valence-corrected chi connectivity index (χ2v) is 6.06. The average Bonchev–Trinajstić information content (AvgIpc) is 2.86. The van der Waals surface area contributed by atoms with Gasteiger partial charge in [-0.2, -0.15) is 0 Å². The van der Waals surface area contributed by atoms with E-state index in [1.54, 1.807) is 0 Å². The topological polar surface area (TPSA) is 26.7 Å². The number of likely N-dealkylation sites (tertiary alicyclic amines) is 1. The van der Waals surface area contributed by atoms with Crippen LogP contribution >= 0.6 is 0 Å². The Bertz CT molecular complexity index is 380. The third-order valence-corrected chi connectivity index (χ3v) is 4.29. The van der Waals surface area contributed by atoms with E-state index >= 15 is 0 Å². The highest BCUT2D eigenvalue weighted by Crippen LogP contribution is 2.21. The van der Waals surface area contributed by atoms with Crippen LogP contribution in [-0.2, 0) is 6.54 Å². The van der Waals surface area contributed by atoms with Crippen molar-refractivity contribution in [3.63, 3.8) is 0 Å². The first-order valence-electron chi connectivity index (χ1n) is 7.83. The van der Waals surface area contributed by atoms with Gasteiger partial charge in [-0.1, -0.05) is 30.3 Å². The third-order valence-electron chi connectivity index (χ3n) is 4.29. The molecule has 1 fully saturated rings. The minimum absolute atomic E-state index is 0.254. The van der Waals surface area contributed by atoms with E-state index in [1.165, 1.54) is 24.9 Å². The zero-order chi connectivity index (χ0) is 14.4. The normalized spacial score (nSPS) is 20.1. The first kappa shape index (κ1) is 15.5. The summed E-state index contributed by atoms with van der Waals surface area (Å²) >= 11 is 0. The number of rotatable bonds is 7. The fraction of sp³-hybridized carbons (Fsp3) is 0.647. The molecule has 0 bridgehead atoms. The van der Waals surface area contributed by atoms with Gasteiger partial charge in [0.1, 0.15) is 0 Å². The van der Waals surface area contributed by atoms with Crippen LogP contribution in [0, 0.1) is 0 Å². The highest BCUT2D eigenvalue weighted by Gasteiger charge is 2.26. The molecule has 0 saturated carbocycles. The summed E-state index contributed by atoms with van der Waals surface area (Å²) in [6.45, 7) is 8.79. The summed E-state index contributed by atoms with van der Waals surface area (Å²) in [5.41, 5.74) is 1.40. The molecule has 1 aliphatic heterocycles. The smallest absolute Gasteiger partial charge is 0.0558 e. The van der Waals surface area contributed by atoms with Crippen molar-refractivity contribution in [3.8, 4) is 0 Å². The standard InChI is InChI=1S/C17H28N2O/c1-15(2)18(11-12-20)14-17-9-6-10-19(17)13-16-7-4-3-5-8-16/h3-5,7-8,15,17,20H,6,9-14H2,1-2H3/t17-/m0/s1. The lowest BCUT2D eigenvalue weighted by Gasteiger charge is -2.33. The summed E-state index contributed by atoms with van der Waals surface area (Å²) in [7, 11) is 0. The van der Waals surface area contributed by atoms with Crippen LogP contribution in [0.2, 0.25) is 0 Å². The number of aliphatic hydroxyl groups excluding tert-OH is 1. The Hall–Kier alpha value is -0.900. The largest absolute Gasteiger partial charge is 0.395 e. The quantitative estimate of drug-likeness (QED) is 0.828. The Kier molecular flexibility index (Phi) is 6.02. The Morgan fingerprint density at radius 2 is 2.05 bits per heavy atom. The molecular weight excluding hydrogens is 248 g/mol. The van der Waals surface area contributed by atoms with E-state index in [2.05, 4.69) is 54.0 Å². The van der Waals surface area contributed by atoms with Crippen LogP contribution in [0.3, 0.4) is 0 Å². The van der Waals surface area contributed by atoms with Gasteiger partial charge in [-0.05, 0) is 38.8 Å². The summed E-state index contributed by atoms with van der Waals surface area (Å²) < 4.78 is 0. The molecule has 0 aromatic heterocycles. The zero-order valence-corrected chi connectivity index (χ0v) is 12.8. The Morgan fingerprint density at radius 3 is 2.70 bits per heavy atom. The van der Waals surface area contributed by atoms with E-state index < -0.39 is 0 Å². The van der Waals surface area contributed by atoms with E-state index in [0.717, 1.165) is 19.6 Å². The van der Waals surface area contributed by atoms with Crippen molar-refractivity contribution < 1.29 is 5.11 Å². The van der Waals surface area contributed by atoms with Gasteiger partial charge in [0.05, 0.1) is 6.61 Å². The van der Waals surface area contributed by atoms with Crippen LogP contribution in [0.15, 0.2) is 30.3 Å². The summed E-state index contributed by atoms with van der Waals surface area (Å²) in [4.78, 5) is 5.00. The number of nitrogens with zero attached hydrogens (tertiary/aromatic N) is 2. The first-order chi connectivity index (χ1) is 9.70. The molecule has 1 saturated heterocycles. The number of hydrogen-bond donors (Lipinski definition) is 1. The minimum atomic E-state index is 0.254. The summed E-state index contributed by atoms with van der Waals surface area (Å²) in [5.74, 6) is 0. The van der Waals surface area contributed by atoms with Crippen molar-refractivity contribution in [2.45, 2.75) is 45.3 Å². The molecule has 0 radical (unpaired) electrons. The molecule has 1 heterocycles. The maximum atomic E-state index is 9.21. The van der Waals surface area contributed by atoms with Gasteiger partial charge in [0.2, 0.25) is 0 Å². The molecule has 2 rings (SSSR count). The van der Waals surface area contributed by atoms with Crippen molar-refractivity contribution in [3.05, 3.63) is 35.9 Å². The van der Waals surface area contributed by atoms with E-state index in [1.807, 2.05) is 0 Å². The number of aliphatic hydroxyl groups is 1. The van der Waals surface area contributed by atoms with Crippen LogP contribution < -0.4 is 0 Å². The highest BCUT2D eigenvalue weighted by molar-refractivity contribution is 5.14.